The molecule has 1 aliphatic heterocycles. The normalized spacial score (nSPS) is 32.1. The van der Waals surface area contributed by atoms with E-state index < -0.39 is 17.7 Å². The minimum atomic E-state index is -0.784. The highest BCUT2D eigenvalue weighted by atomic mass is 16.5. The van der Waals surface area contributed by atoms with Crippen molar-refractivity contribution in [2.24, 2.45) is 23.2 Å². The second-order valence-corrected chi connectivity index (χ2v) is 9.78. The molecule has 3 aliphatic carbocycles. The number of fused-ring (bicyclic) bond motifs is 3. The van der Waals surface area contributed by atoms with Crippen molar-refractivity contribution in [2.45, 2.75) is 65.1 Å². The third-order valence-corrected chi connectivity index (χ3v) is 7.32. The third kappa shape index (κ3) is 3.68. The van der Waals surface area contributed by atoms with E-state index in [4.69, 9.17) is 9.47 Å². The Morgan fingerprint density at radius 1 is 1.32 bits per heavy atom. The fourth-order valence-corrected chi connectivity index (χ4v) is 5.64. The van der Waals surface area contributed by atoms with Crippen LogP contribution in [-0.4, -0.2) is 36.2 Å². The molecule has 2 amide bonds. The predicted molar refractivity (Wildman–Crippen MR) is 114 cm³/mol. The summed E-state index contributed by atoms with van der Waals surface area (Å²) in [5, 5.41) is 6.09. The summed E-state index contributed by atoms with van der Waals surface area (Å²) >= 11 is 0. The van der Waals surface area contributed by atoms with E-state index in [0.717, 1.165) is 12.8 Å². The molecule has 168 valence electrons. The molecule has 3 saturated carbocycles. The van der Waals surface area contributed by atoms with Crippen molar-refractivity contribution in [3.63, 3.8) is 0 Å². The summed E-state index contributed by atoms with van der Waals surface area (Å²) < 4.78 is 11.6. The number of amides is 2. The van der Waals surface area contributed by atoms with Crippen LogP contribution in [0.4, 0.5) is 0 Å². The zero-order valence-electron chi connectivity index (χ0n) is 18.7. The van der Waals surface area contributed by atoms with Gasteiger partial charge in [0.05, 0.1) is 12.2 Å². The largest absolute Gasteiger partial charge is 0.467 e. The molecule has 2 N–H and O–H groups in total. The third-order valence-electron chi connectivity index (χ3n) is 7.32. The van der Waals surface area contributed by atoms with Gasteiger partial charge < -0.3 is 20.1 Å². The number of benzene rings is 1. The predicted octanol–water partition coefficient (Wildman–Crippen LogP) is 3.04. The van der Waals surface area contributed by atoms with Gasteiger partial charge in [0.15, 0.2) is 5.72 Å². The SMILES string of the molecule is CCOC(=O)[C@H](NC(=O)[C@@H]1C[C@H]2CC[C@@]1(C)C[C@@]21NC(=O)c2ccccc2O1)C(C)C. The Morgan fingerprint density at radius 3 is 2.74 bits per heavy atom. The van der Waals surface area contributed by atoms with Crippen molar-refractivity contribution in [3.05, 3.63) is 29.8 Å². The van der Waals surface area contributed by atoms with E-state index in [0.29, 0.717) is 24.2 Å². The Bertz CT molecular complexity index is 900. The molecule has 0 radical (unpaired) electrons. The van der Waals surface area contributed by atoms with Crippen molar-refractivity contribution in [3.8, 4) is 5.75 Å². The molecular formula is C24H32N2O5. The van der Waals surface area contributed by atoms with Crippen LogP contribution >= 0.6 is 0 Å². The molecule has 1 aromatic carbocycles. The van der Waals surface area contributed by atoms with Gasteiger partial charge in [-0.3, -0.25) is 9.59 Å². The maximum absolute atomic E-state index is 13.3. The van der Waals surface area contributed by atoms with Gasteiger partial charge in [-0.15, -0.1) is 0 Å². The highest BCUT2D eigenvalue weighted by Crippen LogP contribution is 2.58. The van der Waals surface area contributed by atoms with Crippen molar-refractivity contribution < 1.29 is 23.9 Å². The van der Waals surface area contributed by atoms with Crippen LogP contribution < -0.4 is 15.4 Å². The first-order valence-electron chi connectivity index (χ1n) is 11.3. The van der Waals surface area contributed by atoms with Crippen LogP contribution in [0.5, 0.6) is 5.75 Å². The van der Waals surface area contributed by atoms with Gasteiger partial charge in [0, 0.05) is 18.3 Å². The number of rotatable bonds is 5. The van der Waals surface area contributed by atoms with Crippen LogP contribution in [0.2, 0.25) is 0 Å². The van der Waals surface area contributed by atoms with E-state index in [1.54, 1.807) is 13.0 Å². The van der Waals surface area contributed by atoms with Crippen LogP contribution in [0.1, 0.15) is 63.7 Å². The zero-order valence-corrected chi connectivity index (χ0v) is 18.7. The number of hydrogen-bond acceptors (Lipinski definition) is 5. The Hall–Kier alpha value is -2.57. The minimum absolute atomic E-state index is 0.0301. The summed E-state index contributed by atoms with van der Waals surface area (Å²) in [6, 6.07) is 6.62. The summed E-state index contributed by atoms with van der Waals surface area (Å²) in [6.45, 7) is 7.93. The minimum Gasteiger partial charge on any atom is -0.467 e. The van der Waals surface area contributed by atoms with Crippen LogP contribution in [0.25, 0.3) is 0 Å². The highest BCUT2D eigenvalue weighted by Gasteiger charge is 2.62. The molecule has 0 unspecified atom stereocenters. The number of ether oxygens (including phenoxy) is 2. The molecule has 4 aliphatic rings. The van der Waals surface area contributed by atoms with E-state index >= 15 is 0 Å². The maximum atomic E-state index is 13.3. The summed E-state index contributed by atoms with van der Waals surface area (Å²) in [7, 11) is 0. The molecule has 7 nitrogen and oxygen atoms in total. The number of hydrogen-bond donors (Lipinski definition) is 2. The highest BCUT2D eigenvalue weighted by molar-refractivity contribution is 5.98. The topological polar surface area (TPSA) is 93.7 Å². The lowest BCUT2D eigenvalue weighted by Crippen LogP contribution is -2.69. The fourth-order valence-electron chi connectivity index (χ4n) is 5.64. The van der Waals surface area contributed by atoms with Gasteiger partial charge in [0.1, 0.15) is 11.8 Å². The molecule has 3 fully saturated rings. The van der Waals surface area contributed by atoms with Crippen molar-refractivity contribution in [1.29, 1.82) is 0 Å². The van der Waals surface area contributed by atoms with E-state index in [2.05, 4.69) is 17.6 Å². The summed E-state index contributed by atoms with van der Waals surface area (Å²) in [5.41, 5.74) is -0.578. The number of nitrogens with one attached hydrogen (secondary N) is 2. The van der Waals surface area contributed by atoms with Gasteiger partial charge in [0.2, 0.25) is 5.91 Å². The van der Waals surface area contributed by atoms with Gasteiger partial charge in [0.25, 0.3) is 5.91 Å². The number of para-hydroxylation sites is 1. The first kappa shape index (κ1) is 21.7. The quantitative estimate of drug-likeness (QED) is 0.703. The Kier molecular flexibility index (Phi) is 5.48. The molecule has 2 bridgehead atoms. The molecule has 7 heteroatoms. The monoisotopic (exact) mass is 428 g/mol. The van der Waals surface area contributed by atoms with Gasteiger partial charge in [-0.2, -0.15) is 0 Å². The molecule has 0 aromatic heterocycles. The zero-order chi connectivity index (χ0) is 22.4. The molecule has 31 heavy (non-hydrogen) atoms. The Labute approximate surface area is 183 Å². The molecule has 0 saturated heterocycles. The molecule has 5 atom stereocenters. The Morgan fingerprint density at radius 2 is 2.06 bits per heavy atom. The molecule has 1 spiro atoms. The lowest BCUT2D eigenvalue weighted by atomic mass is 9.52. The van der Waals surface area contributed by atoms with Crippen LogP contribution in [0.15, 0.2) is 24.3 Å². The number of esters is 1. The Balaban J connectivity index is 1.54. The van der Waals surface area contributed by atoms with Crippen LogP contribution in [-0.2, 0) is 14.3 Å². The lowest BCUT2D eigenvalue weighted by molar-refractivity contribution is -0.169. The molecule has 1 aromatic rings. The van der Waals surface area contributed by atoms with E-state index in [1.165, 1.54) is 0 Å². The standard InChI is InChI=1S/C24H32N2O5/c1-5-30-22(29)19(14(2)3)25-21(28)17-12-15-10-11-23(17,4)13-24(15)26-20(27)16-8-6-7-9-18(16)31-24/h6-9,14-15,17,19H,5,10-13H2,1-4H3,(H,25,28)(H,26,27)/t15-,17+,19-,23+,24+/m1/s1. The van der Waals surface area contributed by atoms with Gasteiger partial charge >= 0.3 is 5.97 Å². The second kappa shape index (κ2) is 7.84. The van der Waals surface area contributed by atoms with E-state index in [9.17, 15) is 14.4 Å². The van der Waals surface area contributed by atoms with Crippen molar-refractivity contribution >= 4 is 17.8 Å². The van der Waals surface area contributed by atoms with Crippen molar-refractivity contribution in [1.82, 2.24) is 10.6 Å². The van der Waals surface area contributed by atoms with E-state index in [-0.39, 0.29) is 41.6 Å². The van der Waals surface area contributed by atoms with Gasteiger partial charge in [-0.25, -0.2) is 4.79 Å². The van der Waals surface area contributed by atoms with Crippen LogP contribution in [0, 0.1) is 23.2 Å². The second-order valence-electron chi connectivity index (χ2n) is 9.78. The molecule has 1 heterocycles. The van der Waals surface area contributed by atoms with E-state index in [1.807, 2.05) is 32.0 Å². The molecular weight excluding hydrogens is 396 g/mol. The average Bonchev–Trinajstić information content (AvgIpc) is 2.71. The molecule has 5 rings (SSSR count). The van der Waals surface area contributed by atoms with Crippen molar-refractivity contribution in [2.75, 3.05) is 6.61 Å². The summed E-state index contributed by atoms with van der Waals surface area (Å²) in [5.74, 6) is -0.316. The first-order valence-corrected chi connectivity index (χ1v) is 11.3. The number of carbonyl (C=O) groups excluding carboxylic acids is 3. The lowest BCUT2D eigenvalue weighted by Gasteiger charge is -2.59. The summed E-state index contributed by atoms with van der Waals surface area (Å²) in [6.07, 6.45) is 2.94. The number of carbonyl (C=O) groups is 3. The van der Waals surface area contributed by atoms with Gasteiger partial charge in [-0.1, -0.05) is 32.9 Å². The fraction of sp³-hybridized carbons (Fsp3) is 0.625. The summed E-state index contributed by atoms with van der Waals surface area (Å²) in [4.78, 5) is 38.4. The van der Waals surface area contributed by atoms with Gasteiger partial charge in [-0.05, 0) is 49.7 Å². The maximum Gasteiger partial charge on any atom is 0.328 e. The first-order chi connectivity index (χ1) is 14.7. The average molecular weight is 429 g/mol. The van der Waals surface area contributed by atoms with Crippen LogP contribution in [0.3, 0.4) is 0 Å². The smallest absolute Gasteiger partial charge is 0.328 e.